The van der Waals surface area contributed by atoms with Crippen molar-refractivity contribution in [1.82, 2.24) is 15.0 Å². The third kappa shape index (κ3) is 3.16. The van der Waals surface area contributed by atoms with Crippen LogP contribution in [0.15, 0.2) is 16.9 Å². The van der Waals surface area contributed by atoms with Crippen LogP contribution >= 0.6 is 0 Å². The molecule has 2 unspecified atom stereocenters. The van der Waals surface area contributed by atoms with Crippen molar-refractivity contribution in [2.75, 3.05) is 26.2 Å². The van der Waals surface area contributed by atoms with Crippen LogP contribution in [0.25, 0.3) is 0 Å². The third-order valence-corrected chi connectivity index (χ3v) is 4.45. The summed E-state index contributed by atoms with van der Waals surface area (Å²) in [6.45, 7) is 5.09. The van der Waals surface area contributed by atoms with E-state index in [9.17, 15) is 5.11 Å². The van der Waals surface area contributed by atoms with E-state index in [4.69, 9.17) is 4.52 Å². The molecule has 0 aromatic carbocycles. The van der Waals surface area contributed by atoms with Crippen molar-refractivity contribution in [3.05, 3.63) is 18.0 Å². The Balaban J connectivity index is 1.49. The van der Waals surface area contributed by atoms with Crippen molar-refractivity contribution in [1.29, 1.82) is 0 Å². The summed E-state index contributed by atoms with van der Waals surface area (Å²) < 4.78 is 4.87. The van der Waals surface area contributed by atoms with Gasteiger partial charge in [0.1, 0.15) is 6.26 Å². The Labute approximate surface area is 114 Å². The lowest BCUT2D eigenvalue weighted by molar-refractivity contribution is -0.00499. The Bertz CT molecular complexity index is 374. The topological polar surface area (TPSA) is 52.7 Å². The first kappa shape index (κ1) is 13.1. The van der Waals surface area contributed by atoms with Crippen LogP contribution in [0.3, 0.4) is 0 Å². The van der Waals surface area contributed by atoms with Crippen LogP contribution in [-0.2, 0) is 6.54 Å². The van der Waals surface area contributed by atoms with Crippen LogP contribution in [0.2, 0.25) is 0 Å². The second kappa shape index (κ2) is 6.03. The molecule has 0 bridgehead atoms. The predicted molar refractivity (Wildman–Crippen MR) is 71.6 cm³/mol. The largest absolute Gasteiger partial charge is 0.391 e. The quantitative estimate of drug-likeness (QED) is 0.887. The molecule has 5 nitrogen and oxygen atoms in total. The first-order valence-corrected chi connectivity index (χ1v) is 7.36. The fourth-order valence-electron chi connectivity index (χ4n) is 3.32. The molecule has 19 heavy (non-hydrogen) atoms. The van der Waals surface area contributed by atoms with Gasteiger partial charge in [0.05, 0.1) is 11.8 Å². The number of aliphatic hydroxyl groups is 1. The number of hydrogen-bond donors (Lipinski definition) is 1. The first-order valence-electron chi connectivity index (χ1n) is 7.36. The zero-order chi connectivity index (χ0) is 13.1. The van der Waals surface area contributed by atoms with Gasteiger partial charge in [-0.3, -0.25) is 9.80 Å². The van der Waals surface area contributed by atoms with E-state index in [1.807, 2.05) is 6.07 Å². The molecule has 1 N–H and O–H groups in total. The second-order valence-electron chi connectivity index (χ2n) is 5.72. The summed E-state index contributed by atoms with van der Waals surface area (Å²) in [6, 6.07) is 2.32. The minimum Gasteiger partial charge on any atom is -0.391 e. The molecule has 1 saturated heterocycles. The van der Waals surface area contributed by atoms with Gasteiger partial charge in [0.15, 0.2) is 0 Å². The smallest absolute Gasteiger partial charge is 0.124 e. The van der Waals surface area contributed by atoms with Gasteiger partial charge in [-0.25, -0.2) is 0 Å². The number of piperazine rings is 1. The van der Waals surface area contributed by atoms with E-state index in [0.717, 1.165) is 51.3 Å². The van der Waals surface area contributed by atoms with Crippen LogP contribution in [-0.4, -0.2) is 58.4 Å². The van der Waals surface area contributed by atoms with Crippen molar-refractivity contribution in [3.8, 4) is 0 Å². The fraction of sp³-hybridized carbons (Fsp3) is 0.786. The molecule has 1 aromatic rings. The Morgan fingerprint density at radius 2 is 2.00 bits per heavy atom. The second-order valence-corrected chi connectivity index (χ2v) is 5.72. The minimum absolute atomic E-state index is 0.115. The van der Waals surface area contributed by atoms with Gasteiger partial charge in [-0.05, 0) is 12.8 Å². The molecule has 0 radical (unpaired) electrons. The van der Waals surface area contributed by atoms with Crippen molar-refractivity contribution in [2.24, 2.45) is 0 Å². The highest BCUT2D eigenvalue weighted by Gasteiger charge is 2.30. The molecule has 0 spiro atoms. The molecule has 2 aliphatic rings. The monoisotopic (exact) mass is 265 g/mol. The standard InChI is InChI=1S/C14H23N3O2/c18-14-4-2-1-3-13(14)17-8-6-16(7-9-17)11-12-5-10-19-15-12/h5,10,13-14,18H,1-4,6-9,11H2. The van der Waals surface area contributed by atoms with Crippen molar-refractivity contribution >= 4 is 0 Å². The van der Waals surface area contributed by atoms with E-state index >= 15 is 0 Å². The van der Waals surface area contributed by atoms with Crippen LogP contribution in [0.4, 0.5) is 0 Å². The maximum atomic E-state index is 10.1. The minimum atomic E-state index is -0.115. The summed E-state index contributed by atoms with van der Waals surface area (Å²) >= 11 is 0. The molecule has 5 heteroatoms. The predicted octanol–water partition coefficient (Wildman–Crippen LogP) is 1.10. The van der Waals surface area contributed by atoms with Gasteiger partial charge in [0, 0.05) is 44.8 Å². The van der Waals surface area contributed by atoms with Gasteiger partial charge in [-0.15, -0.1) is 0 Å². The van der Waals surface area contributed by atoms with Gasteiger partial charge in [0.25, 0.3) is 0 Å². The average Bonchev–Trinajstić information content (AvgIpc) is 2.93. The van der Waals surface area contributed by atoms with Crippen LogP contribution in [0.1, 0.15) is 31.4 Å². The van der Waals surface area contributed by atoms with E-state index < -0.39 is 0 Å². The number of rotatable bonds is 3. The Morgan fingerprint density at radius 3 is 2.68 bits per heavy atom. The Morgan fingerprint density at radius 1 is 1.21 bits per heavy atom. The summed E-state index contributed by atoms with van der Waals surface area (Å²) in [7, 11) is 0. The Hall–Kier alpha value is -0.910. The molecule has 3 rings (SSSR count). The first-order chi connectivity index (χ1) is 9.33. The van der Waals surface area contributed by atoms with Gasteiger partial charge in [-0.2, -0.15) is 0 Å². The normalized spacial score (nSPS) is 30.6. The molecule has 2 atom stereocenters. The third-order valence-electron chi connectivity index (χ3n) is 4.45. The number of nitrogens with zero attached hydrogens (tertiary/aromatic N) is 3. The number of hydrogen-bond acceptors (Lipinski definition) is 5. The molecular formula is C14H23N3O2. The molecule has 106 valence electrons. The average molecular weight is 265 g/mol. The van der Waals surface area contributed by atoms with Crippen molar-refractivity contribution < 1.29 is 9.63 Å². The summed E-state index contributed by atoms with van der Waals surface area (Å²) in [5, 5.41) is 14.1. The summed E-state index contributed by atoms with van der Waals surface area (Å²) in [5.74, 6) is 0. The van der Waals surface area contributed by atoms with Gasteiger partial charge in [0.2, 0.25) is 0 Å². The maximum Gasteiger partial charge on any atom is 0.124 e. The van der Waals surface area contributed by atoms with Gasteiger partial charge >= 0.3 is 0 Å². The highest BCUT2D eigenvalue weighted by atomic mass is 16.5. The van der Waals surface area contributed by atoms with Crippen LogP contribution < -0.4 is 0 Å². The molecule has 0 amide bonds. The van der Waals surface area contributed by atoms with Crippen LogP contribution in [0, 0.1) is 0 Å². The SMILES string of the molecule is OC1CCCCC1N1CCN(Cc2ccon2)CC1. The van der Waals surface area contributed by atoms with E-state index in [2.05, 4.69) is 15.0 Å². The van der Waals surface area contributed by atoms with E-state index in [1.54, 1.807) is 6.26 Å². The molecule has 1 saturated carbocycles. The van der Waals surface area contributed by atoms with Crippen molar-refractivity contribution in [2.45, 2.75) is 44.4 Å². The van der Waals surface area contributed by atoms with E-state index in [-0.39, 0.29) is 6.10 Å². The fourth-order valence-corrected chi connectivity index (χ4v) is 3.32. The lowest BCUT2D eigenvalue weighted by Gasteiger charge is -2.42. The number of aliphatic hydroxyl groups excluding tert-OH is 1. The molecule has 1 aromatic heterocycles. The van der Waals surface area contributed by atoms with Crippen LogP contribution in [0.5, 0.6) is 0 Å². The lowest BCUT2D eigenvalue weighted by atomic mass is 9.91. The van der Waals surface area contributed by atoms with Gasteiger partial charge < -0.3 is 9.63 Å². The van der Waals surface area contributed by atoms with Gasteiger partial charge in [-0.1, -0.05) is 18.0 Å². The lowest BCUT2D eigenvalue weighted by Crippen LogP contribution is -2.54. The number of aromatic nitrogens is 1. The van der Waals surface area contributed by atoms with E-state index in [1.165, 1.54) is 12.8 Å². The highest BCUT2D eigenvalue weighted by molar-refractivity contribution is 4.96. The summed E-state index contributed by atoms with van der Waals surface area (Å²) in [6.07, 6.45) is 6.10. The molecule has 2 heterocycles. The maximum absolute atomic E-state index is 10.1. The molecule has 1 aliphatic heterocycles. The molecule has 2 fully saturated rings. The Kier molecular flexibility index (Phi) is 4.15. The van der Waals surface area contributed by atoms with E-state index in [0.29, 0.717) is 6.04 Å². The zero-order valence-corrected chi connectivity index (χ0v) is 11.4. The molecular weight excluding hydrogens is 242 g/mol. The zero-order valence-electron chi connectivity index (χ0n) is 11.4. The summed E-state index contributed by atoms with van der Waals surface area (Å²) in [4.78, 5) is 4.88. The highest BCUT2D eigenvalue weighted by Crippen LogP contribution is 2.24. The molecule has 1 aliphatic carbocycles. The summed E-state index contributed by atoms with van der Waals surface area (Å²) in [5.41, 5.74) is 1.01. The van der Waals surface area contributed by atoms with Crippen molar-refractivity contribution in [3.63, 3.8) is 0 Å².